The van der Waals surface area contributed by atoms with Gasteiger partial charge in [0.1, 0.15) is 11.6 Å². The smallest absolute Gasteiger partial charge is 0.131 e. The van der Waals surface area contributed by atoms with Crippen molar-refractivity contribution in [3.63, 3.8) is 0 Å². The van der Waals surface area contributed by atoms with Crippen LogP contribution in [-0.2, 0) is 4.74 Å². The van der Waals surface area contributed by atoms with E-state index in [1.807, 2.05) is 30.3 Å². The summed E-state index contributed by atoms with van der Waals surface area (Å²) < 4.78 is 33.1. The second kappa shape index (κ2) is 8.52. The Labute approximate surface area is 146 Å². The van der Waals surface area contributed by atoms with E-state index in [4.69, 9.17) is 4.74 Å². The Balaban J connectivity index is 1.69. The van der Waals surface area contributed by atoms with Gasteiger partial charge in [0, 0.05) is 25.8 Å². The van der Waals surface area contributed by atoms with Gasteiger partial charge in [0.2, 0.25) is 0 Å². The number of aliphatic hydroxyl groups is 1. The van der Waals surface area contributed by atoms with Crippen molar-refractivity contribution in [2.75, 3.05) is 19.8 Å². The van der Waals surface area contributed by atoms with Gasteiger partial charge in [0.15, 0.2) is 0 Å². The normalized spacial score (nSPS) is 19.7. The summed E-state index contributed by atoms with van der Waals surface area (Å²) in [6, 6.07) is 13.5. The average Bonchev–Trinajstić information content (AvgIpc) is 3.12. The zero-order valence-electron chi connectivity index (χ0n) is 14.0. The van der Waals surface area contributed by atoms with Crippen molar-refractivity contribution in [3.8, 4) is 0 Å². The molecule has 0 saturated carbocycles. The SMILES string of the molecule is OC(CNC(CC1CCOC1)c1ccccc1)c1c(F)cccc1F. The maximum absolute atomic E-state index is 13.8. The molecule has 2 aromatic rings. The van der Waals surface area contributed by atoms with E-state index in [0.29, 0.717) is 5.92 Å². The maximum atomic E-state index is 13.8. The van der Waals surface area contributed by atoms with Crippen LogP contribution in [0.15, 0.2) is 48.5 Å². The van der Waals surface area contributed by atoms with Crippen LogP contribution in [0.4, 0.5) is 8.78 Å². The molecule has 1 aliphatic heterocycles. The van der Waals surface area contributed by atoms with E-state index < -0.39 is 17.7 Å². The van der Waals surface area contributed by atoms with Crippen LogP contribution in [0.25, 0.3) is 0 Å². The molecule has 25 heavy (non-hydrogen) atoms. The first-order valence-corrected chi connectivity index (χ1v) is 8.63. The second-order valence-electron chi connectivity index (χ2n) is 6.49. The Morgan fingerprint density at radius 2 is 1.80 bits per heavy atom. The lowest BCUT2D eigenvalue weighted by Gasteiger charge is -2.24. The third-order valence-electron chi connectivity index (χ3n) is 4.69. The highest BCUT2D eigenvalue weighted by Gasteiger charge is 2.24. The highest BCUT2D eigenvalue weighted by molar-refractivity contribution is 5.23. The Hall–Kier alpha value is -1.82. The Kier molecular flexibility index (Phi) is 6.13. The van der Waals surface area contributed by atoms with Crippen LogP contribution in [0, 0.1) is 17.6 Å². The molecule has 0 aliphatic carbocycles. The van der Waals surface area contributed by atoms with Crippen molar-refractivity contribution in [3.05, 3.63) is 71.3 Å². The predicted molar refractivity (Wildman–Crippen MR) is 92.0 cm³/mol. The van der Waals surface area contributed by atoms with Gasteiger partial charge in [-0.3, -0.25) is 0 Å². The lowest BCUT2D eigenvalue weighted by molar-refractivity contribution is 0.155. The molecule has 0 amide bonds. The quantitative estimate of drug-likeness (QED) is 0.801. The number of halogens is 2. The van der Waals surface area contributed by atoms with Crippen molar-refractivity contribution >= 4 is 0 Å². The van der Waals surface area contributed by atoms with Gasteiger partial charge in [-0.2, -0.15) is 0 Å². The molecule has 2 N–H and O–H groups in total. The van der Waals surface area contributed by atoms with Gasteiger partial charge in [0.05, 0.1) is 11.7 Å². The van der Waals surface area contributed by atoms with E-state index in [2.05, 4.69) is 5.32 Å². The molecule has 134 valence electrons. The largest absolute Gasteiger partial charge is 0.387 e. The maximum Gasteiger partial charge on any atom is 0.131 e. The highest BCUT2D eigenvalue weighted by Crippen LogP contribution is 2.27. The first-order chi connectivity index (χ1) is 12.1. The van der Waals surface area contributed by atoms with Gasteiger partial charge in [-0.15, -0.1) is 0 Å². The van der Waals surface area contributed by atoms with Crippen LogP contribution in [0.3, 0.4) is 0 Å². The van der Waals surface area contributed by atoms with Gasteiger partial charge in [-0.05, 0) is 36.5 Å². The minimum absolute atomic E-state index is 0.00242. The molecule has 5 heteroatoms. The van der Waals surface area contributed by atoms with E-state index in [9.17, 15) is 13.9 Å². The monoisotopic (exact) mass is 347 g/mol. The number of hydrogen-bond donors (Lipinski definition) is 2. The Morgan fingerprint density at radius 1 is 1.08 bits per heavy atom. The van der Waals surface area contributed by atoms with E-state index in [1.165, 1.54) is 6.07 Å². The van der Waals surface area contributed by atoms with Crippen molar-refractivity contribution in [2.45, 2.75) is 25.0 Å². The molecule has 3 unspecified atom stereocenters. The molecule has 0 bridgehead atoms. The molecule has 2 aromatic carbocycles. The molecular formula is C20H23F2NO2. The number of nitrogens with one attached hydrogen (secondary N) is 1. The Bertz CT molecular complexity index is 654. The van der Waals surface area contributed by atoms with E-state index in [1.54, 1.807) is 0 Å². The van der Waals surface area contributed by atoms with Crippen molar-refractivity contribution in [1.29, 1.82) is 0 Å². The zero-order chi connectivity index (χ0) is 17.6. The predicted octanol–water partition coefficient (Wildman–Crippen LogP) is 3.76. The first-order valence-electron chi connectivity index (χ1n) is 8.63. The Morgan fingerprint density at radius 3 is 2.44 bits per heavy atom. The summed E-state index contributed by atoms with van der Waals surface area (Å²) in [5, 5.41) is 13.5. The summed E-state index contributed by atoms with van der Waals surface area (Å²) in [5.41, 5.74) is 0.807. The van der Waals surface area contributed by atoms with Gasteiger partial charge in [0.25, 0.3) is 0 Å². The molecule has 0 spiro atoms. The fraction of sp³-hybridized carbons (Fsp3) is 0.400. The summed E-state index contributed by atoms with van der Waals surface area (Å²) in [5.74, 6) is -1.01. The minimum Gasteiger partial charge on any atom is -0.387 e. The third kappa shape index (κ3) is 4.63. The van der Waals surface area contributed by atoms with Crippen LogP contribution in [0.5, 0.6) is 0 Å². The molecule has 1 heterocycles. The topological polar surface area (TPSA) is 41.5 Å². The lowest BCUT2D eigenvalue weighted by Crippen LogP contribution is -2.29. The summed E-state index contributed by atoms with van der Waals surface area (Å²) in [6.07, 6.45) is 0.624. The van der Waals surface area contributed by atoms with Gasteiger partial charge < -0.3 is 15.2 Å². The van der Waals surface area contributed by atoms with Gasteiger partial charge in [-0.25, -0.2) is 8.78 Å². The number of aliphatic hydroxyl groups excluding tert-OH is 1. The number of rotatable bonds is 7. The van der Waals surface area contributed by atoms with Crippen molar-refractivity contribution in [2.24, 2.45) is 5.92 Å². The lowest BCUT2D eigenvalue weighted by atomic mass is 9.94. The number of hydrogen-bond acceptors (Lipinski definition) is 3. The number of benzene rings is 2. The average molecular weight is 347 g/mol. The minimum atomic E-state index is -1.24. The standard InChI is InChI=1S/C20H23F2NO2/c21-16-7-4-8-17(22)20(16)19(24)12-23-18(11-14-9-10-25-13-14)15-5-2-1-3-6-15/h1-8,14,18-19,23-24H,9-13H2. The van der Waals surface area contributed by atoms with Crippen molar-refractivity contribution in [1.82, 2.24) is 5.32 Å². The van der Waals surface area contributed by atoms with E-state index >= 15 is 0 Å². The fourth-order valence-electron chi connectivity index (χ4n) is 3.31. The van der Waals surface area contributed by atoms with Crippen LogP contribution in [-0.4, -0.2) is 24.9 Å². The van der Waals surface area contributed by atoms with E-state index in [0.717, 1.165) is 43.8 Å². The van der Waals surface area contributed by atoms with E-state index in [-0.39, 0.29) is 18.2 Å². The molecule has 1 saturated heterocycles. The molecular weight excluding hydrogens is 324 g/mol. The molecule has 1 aliphatic rings. The number of ether oxygens (including phenoxy) is 1. The fourth-order valence-corrected chi connectivity index (χ4v) is 3.31. The van der Waals surface area contributed by atoms with Gasteiger partial charge in [-0.1, -0.05) is 36.4 Å². The molecule has 0 aromatic heterocycles. The molecule has 3 atom stereocenters. The van der Waals surface area contributed by atoms with Gasteiger partial charge >= 0.3 is 0 Å². The summed E-state index contributed by atoms with van der Waals surface area (Å²) in [4.78, 5) is 0. The van der Waals surface area contributed by atoms with Crippen molar-refractivity contribution < 1.29 is 18.6 Å². The molecule has 1 fully saturated rings. The zero-order valence-corrected chi connectivity index (χ0v) is 14.0. The first kappa shape index (κ1) is 18.0. The van der Waals surface area contributed by atoms with Crippen LogP contribution in [0.2, 0.25) is 0 Å². The summed E-state index contributed by atoms with van der Waals surface area (Å²) >= 11 is 0. The van der Waals surface area contributed by atoms with Crippen LogP contribution in [0.1, 0.15) is 36.1 Å². The third-order valence-corrected chi connectivity index (χ3v) is 4.69. The molecule has 0 radical (unpaired) electrons. The second-order valence-corrected chi connectivity index (χ2v) is 6.49. The summed E-state index contributed by atoms with van der Waals surface area (Å²) in [6.45, 7) is 1.58. The molecule has 3 nitrogen and oxygen atoms in total. The van der Waals surface area contributed by atoms with Crippen LogP contribution >= 0.6 is 0 Å². The molecule has 3 rings (SSSR count). The highest BCUT2D eigenvalue weighted by atomic mass is 19.1. The van der Waals surface area contributed by atoms with Crippen LogP contribution < -0.4 is 5.32 Å². The summed E-state index contributed by atoms with van der Waals surface area (Å²) in [7, 11) is 0.